The van der Waals surface area contributed by atoms with Crippen LogP contribution >= 0.6 is 22.7 Å². The third-order valence-electron chi connectivity index (χ3n) is 3.91. The number of hydrogen-bond acceptors (Lipinski definition) is 5. The van der Waals surface area contributed by atoms with Gasteiger partial charge in [-0.1, -0.05) is 18.2 Å². The predicted molar refractivity (Wildman–Crippen MR) is 104 cm³/mol. The summed E-state index contributed by atoms with van der Waals surface area (Å²) < 4.78 is 7.32. The van der Waals surface area contributed by atoms with E-state index in [-0.39, 0.29) is 5.56 Å². The van der Waals surface area contributed by atoms with Crippen molar-refractivity contribution in [3.63, 3.8) is 0 Å². The van der Waals surface area contributed by atoms with Gasteiger partial charge in [0.05, 0.1) is 18.3 Å². The molecule has 0 N–H and O–H groups in total. The maximum absolute atomic E-state index is 12.9. The molecule has 0 spiro atoms. The second kappa shape index (κ2) is 6.82. The molecule has 1 aromatic carbocycles. The van der Waals surface area contributed by atoms with Gasteiger partial charge in [-0.3, -0.25) is 9.36 Å². The molecule has 126 valence electrons. The van der Waals surface area contributed by atoms with Crippen LogP contribution in [0.15, 0.2) is 59.0 Å². The Kier molecular flexibility index (Phi) is 4.38. The van der Waals surface area contributed by atoms with Gasteiger partial charge >= 0.3 is 0 Å². The number of thiophene rings is 2. The first-order chi connectivity index (χ1) is 12.2. The lowest BCUT2D eigenvalue weighted by atomic mass is 10.2. The quantitative estimate of drug-likeness (QED) is 0.518. The third-order valence-corrected chi connectivity index (χ3v) is 5.83. The first-order valence-corrected chi connectivity index (χ1v) is 9.63. The molecule has 0 saturated heterocycles. The van der Waals surface area contributed by atoms with Gasteiger partial charge in [0.15, 0.2) is 0 Å². The molecule has 0 radical (unpaired) electrons. The van der Waals surface area contributed by atoms with Crippen LogP contribution in [-0.2, 0) is 6.54 Å². The van der Waals surface area contributed by atoms with Crippen molar-refractivity contribution in [2.24, 2.45) is 0 Å². The SMILES string of the molecule is Cc1ccc(-c2csc3ncn(CCOc4ccccc4)c(=O)c23)s1. The summed E-state index contributed by atoms with van der Waals surface area (Å²) >= 11 is 3.21. The zero-order valence-corrected chi connectivity index (χ0v) is 15.3. The molecule has 0 amide bonds. The molecule has 4 aromatic rings. The molecule has 0 aliphatic carbocycles. The van der Waals surface area contributed by atoms with Gasteiger partial charge < -0.3 is 4.74 Å². The van der Waals surface area contributed by atoms with Crippen LogP contribution in [0.25, 0.3) is 20.7 Å². The van der Waals surface area contributed by atoms with E-state index in [4.69, 9.17) is 4.74 Å². The molecule has 0 saturated carbocycles. The maximum Gasteiger partial charge on any atom is 0.262 e. The monoisotopic (exact) mass is 368 g/mol. The molecule has 0 aliphatic heterocycles. The summed E-state index contributed by atoms with van der Waals surface area (Å²) in [6.45, 7) is 2.96. The predicted octanol–water partition coefficient (Wildman–Crippen LogP) is 4.57. The molecule has 4 nitrogen and oxygen atoms in total. The van der Waals surface area contributed by atoms with Gasteiger partial charge in [-0.15, -0.1) is 22.7 Å². The highest BCUT2D eigenvalue weighted by Gasteiger charge is 2.14. The van der Waals surface area contributed by atoms with E-state index in [1.165, 1.54) is 16.2 Å². The minimum atomic E-state index is -0.0102. The Morgan fingerprint density at radius 3 is 2.76 bits per heavy atom. The van der Waals surface area contributed by atoms with Crippen molar-refractivity contribution in [3.8, 4) is 16.2 Å². The Hall–Kier alpha value is -2.44. The molecule has 3 aromatic heterocycles. The number of ether oxygens (including phenoxy) is 1. The molecule has 4 rings (SSSR count). The largest absolute Gasteiger partial charge is 0.492 e. The summed E-state index contributed by atoms with van der Waals surface area (Å²) in [6, 6.07) is 13.7. The molecule has 0 aliphatic rings. The second-order valence-corrected chi connectivity index (χ2v) is 7.79. The highest BCUT2D eigenvalue weighted by Crippen LogP contribution is 2.34. The fraction of sp³-hybridized carbons (Fsp3) is 0.158. The van der Waals surface area contributed by atoms with Crippen molar-refractivity contribution >= 4 is 32.9 Å². The molecule has 0 atom stereocenters. The fourth-order valence-electron chi connectivity index (χ4n) is 2.67. The van der Waals surface area contributed by atoms with Gasteiger partial charge in [0, 0.05) is 20.7 Å². The summed E-state index contributed by atoms with van der Waals surface area (Å²) in [7, 11) is 0. The van der Waals surface area contributed by atoms with Gasteiger partial charge in [-0.2, -0.15) is 0 Å². The van der Waals surface area contributed by atoms with E-state index in [9.17, 15) is 4.79 Å². The van der Waals surface area contributed by atoms with Crippen molar-refractivity contribution in [2.45, 2.75) is 13.5 Å². The topological polar surface area (TPSA) is 44.1 Å². The summed E-state index contributed by atoms with van der Waals surface area (Å²) in [6.07, 6.45) is 1.61. The van der Waals surface area contributed by atoms with E-state index < -0.39 is 0 Å². The summed E-state index contributed by atoms with van der Waals surface area (Å²) in [4.78, 5) is 20.5. The minimum Gasteiger partial charge on any atom is -0.492 e. The van der Waals surface area contributed by atoms with Crippen LogP contribution in [0, 0.1) is 6.92 Å². The van der Waals surface area contributed by atoms with Crippen LogP contribution < -0.4 is 10.3 Å². The molecular formula is C19H16N2O2S2. The average molecular weight is 368 g/mol. The van der Waals surface area contributed by atoms with E-state index in [0.29, 0.717) is 18.5 Å². The van der Waals surface area contributed by atoms with Crippen LogP contribution in [0.1, 0.15) is 4.88 Å². The Morgan fingerprint density at radius 2 is 2.00 bits per heavy atom. The van der Waals surface area contributed by atoms with Gasteiger partial charge in [0.25, 0.3) is 5.56 Å². The highest BCUT2D eigenvalue weighted by molar-refractivity contribution is 7.19. The van der Waals surface area contributed by atoms with Crippen molar-refractivity contribution < 1.29 is 4.74 Å². The van der Waals surface area contributed by atoms with Crippen molar-refractivity contribution in [1.82, 2.24) is 9.55 Å². The maximum atomic E-state index is 12.9. The fourth-order valence-corrected chi connectivity index (χ4v) is 4.53. The van der Waals surface area contributed by atoms with E-state index in [2.05, 4.69) is 24.0 Å². The lowest BCUT2D eigenvalue weighted by Crippen LogP contribution is -2.23. The summed E-state index contributed by atoms with van der Waals surface area (Å²) in [5.41, 5.74) is 0.970. The number of hydrogen-bond donors (Lipinski definition) is 0. The number of aryl methyl sites for hydroxylation is 1. The Balaban J connectivity index is 1.62. The van der Waals surface area contributed by atoms with E-state index in [1.54, 1.807) is 22.2 Å². The molecule has 6 heteroatoms. The number of nitrogens with zero attached hydrogens (tertiary/aromatic N) is 2. The van der Waals surface area contributed by atoms with E-state index in [0.717, 1.165) is 21.0 Å². The van der Waals surface area contributed by atoms with E-state index >= 15 is 0 Å². The molecule has 0 fully saturated rings. The van der Waals surface area contributed by atoms with Crippen LogP contribution in [0.5, 0.6) is 5.75 Å². The smallest absolute Gasteiger partial charge is 0.262 e. The summed E-state index contributed by atoms with van der Waals surface area (Å²) in [5, 5.41) is 2.73. The Bertz CT molecular complexity index is 1060. The van der Waals surface area contributed by atoms with E-state index in [1.807, 2.05) is 35.7 Å². The van der Waals surface area contributed by atoms with Crippen molar-refractivity contribution in [2.75, 3.05) is 6.61 Å². The minimum absolute atomic E-state index is 0.0102. The van der Waals surface area contributed by atoms with Gasteiger partial charge in [-0.05, 0) is 31.2 Å². The van der Waals surface area contributed by atoms with Crippen molar-refractivity contribution in [1.29, 1.82) is 0 Å². The number of fused-ring (bicyclic) bond motifs is 1. The standard InChI is InChI=1S/C19H16N2O2S2/c1-13-7-8-16(25-13)15-11-24-18-17(15)19(22)21(12-20-18)9-10-23-14-5-3-2-4-6-14/h2-8,11-12H,9-10H2,1H3. The lowest BCUT2D eigenvalue weighted by molar-refractivity contribution is 0.296. The van der Waals surface area contributed by atoms with Crippen LogP contribution in [0.2, 0.25) is 0 Å². The van der Waals surface area contributed by atoms with Gasteiger partial charge in [0.1, 0.15) is 17.2 Å². The second-order valence-electron chi connectivity index (χ2n) is 5.64. The van der Waals surface area contributed by atoms with Crippen LogP contribution in [0.4, 0.5) is 0 Å². The van der Waals surface area contributed by atoms with Crippen LogP contribution in [0.3, 0.4) is 0 Å². The summed E-state index contributed by atoms with van der Waals surface area (Å²) in [5.74, 6) is 0.801. The van der Waals surface area contributed by atoms with Gasteiger partial charge in [0.2, 0.25) is 0 Å². The Labute approximate surface area is 153 Å². The molecule has 3 heterocycles. The number of rotatable bonds is 5. The lowest BCUT2D eigenvalue weighted by Gasteiger charge is -2.08. The number of benzene rings is 1. The zero-order valence-electron chi connectivity index (χ0n) is 13.6. The molecule has 0 bridgehead atoms. The average Bonchev–Trinajstić information content (AvgIpc) is 3.24. The third kappa shape index (κ3) is 3.23. The Morgan fingerprint density at radius 1 is 1.16 bits per heavy atom. The molecular weight excluding hydrogens is 352 g/mol. The van der Waals surface area contributed by atoms with Crippen LogP contribution in [-0.4, -0.2) is 16.2 Å². The molecule has 0 unspecified atom stereocenters. The zero-order chi connectivity index (χ0) is 17.2. The first-order valence-electron chi connectivity index (χ1n) is 7.93. The van der Waals surface area contributed by atoms with Crippen molar-refractivity contribution in [3.05, 3.63) is 69.4 Å². The normalized spacial score (nSPS) is 11.1. The number of aromatic nitrogens is 2. The number of para-hydroxylation sites is 1. The molecule has 25 heavy (non-hydrogen) atoms. The highest BCUT2D eigenvalue weighted by atomic mass is 32.1. The first kappa shape index (κ1) is 16.1. The van der Waals surface area contributed by atoms with Gasteiger partial charge in [-0.25, -0.2) is 4.98 Å².